The van der Waals surface area contributed by atoms with Crippen molar-refractivity contribution in [2.45, 2.75) is 32.1 Å². The number of rotatable bonds is 2. The summed E-state index contributed by atoms with van der Waals surface area (Å²) in [5, 5.41) is 2.43. The average Bonchev–Trinajstić information content (AvgIpc) is 2.98. The van der Waals surface area contributed by atoms with Crippen LogP contribution in [0, 0.1) is 0 Å². The molecule has 0 aromatic heterocycles. The van der Waals surface area contributed by atoms with Crippen LogP contribution >= 0.6 is 0 Å². The summed E-state index contributed by atoms with van der Waals surface area (Å²) in [6.07, 6.45) is 0.439. The van der Waals surface area contributed by atoms with Crippen LogP contribution in [-0.2, 0) is 17.8 Å². The number of hydrogen-bond acceptors (Lipinski definition) is 5. The Morgan fingerprint density at radius 1 is 1.31 bits per heavy atom. The highest BCUT2D eigenvalue weighted by Gasteiger charge is 2.49. The van der Waals surface area contributed by atoms with Crippen LogP contribution in [0.1, 0.15) is 18.1 Å². The van der Waals surface area contributed by atoms with Crippen molar-refractivity contribution in [1.29, 1.82) is 0 Å². The van der Waals surface area contributed by atoms with Gasteiger partial charge in [0.1, 0.15) is 0 Å². The van der Waals surface area contributed by atoms with Crippen molar-refractivity contribution >= 4 is 17.9 Å². The zero-order valence-corrected chi connectivity index (χ0v) is 15.1. The van der Waals surface area contributed by atoms with Crippen molar-refractivity contribution in [3.63, 3.8) is 0 Å². The van der Waals surface area contributed by atoms with E-state index in [9.17, 15) is 9.59 Å². The van der Waals surface area contributed by atoms with E-state index in [0.717, 1.165) is 31.0 Å². The van der Waals surface area contributed by atoms with E-state index in [0.29, 0.717) is 6.54 Å². The molecule has 1 fully saturated rings. The van der Waals surface area contributed by atoms with Gasteiger partial charge in [-0.05, 0) is 24.5 Å². The summed E-state index contributed by atoms with van der Waals surface area (Å²) < 4.78 is 0. The molecule has 3 heterocycles. The summed E-state index contributed by atoms with van der Waals surface area (Å²) in [6.45, 7) is 8.06. The van der Waals surface area contributed by atoms with E-state index in [1.165, 1.54) is 16.0 Å². The number of nitrogens with zero attached hydrogens (tertiary/aromatic N) is 4. The Bertz CT molecular complexity index is 818. The maximum atomic E-state index is 12.5. The highest BCUT2D eigenvalue weighted by atomic mass is 16.2. The van der Waals surface area contributed by atoms with Crippen molar-refractivity contribution in [2.75, 3.05) is 20.1 Å². The molecule has 1 aromatic carbocycles. The van der Waals surface area contributed by atoms with Gasteiger partial charge in [0.15, 0.2) is 18.2 Å². The SMILES string of the molecule is C=C(C)CN1C(N2CCc3ccccc3C2)=NC2C1C(=O)NC(=O)N2C. The Kier molecular flexibility index (Phi) is 3.94. The van der Waals surface area contributed by atoms with Gasteiger partial charge in [-0.15, -0.1) is 0 Å². The lowest BCUT2D eigenvalue weighted by atomic mass is 10.0. The van der Waals surface area contributed by atoms with E-state index in [2.05, 4.69) is 35.0 Å². The number of fused-ring (bicyclic) bond motifs is 2. The smallest absolute Gasteiger partial charge is 0.325 e. The van der Waals surface area contributed by atoms with Crippen molar-refractivity contribution in [1.82, 2.24) is 20.0 Å². The summed E-state index contributed by atoms with van der Waals surface area (Å²) in [5.41, 5.74) is 3.58. The zero-order valence-electron chi connectivity index (χ0n) is 15.1. The molecule has 1 saturated heterocycles. The van der Waals surface area contributed by atoms with Gasteiger partial charge in [0.25, 0.3) is 5.91 Å². The fourth-order valence-electron chi connectivity index (χ4n) is 3.90. The molecule has 7 nitrogen and oxygen atoms in total. The van der Waals surface area contributed by atoms with Gasteiger partial charge in [0, 0.05) is 26.7 Å². The number of likely N-dealkylation sites (N-methyl/N-ethyl adjacent to an activating group) is 1. The van der Waals surface area contributed by atoms with Crippen LogP contribution in [0.5, 0.6) is 0 Å². The number of hydrogen-bond donors (Lipinski definition) is 1. The summed E-state index contributed by atoms with van der Waals surface area (Å²) in [4.78, 5) is 35.0. The molecule has 3 aliphatic rings. The third-order valence-electron chi connectivity index (χ3n) is 5.19. The van der Waals surface area contributed by atoms with Crippen molar-refractivity contribution in [3.05, 3.63) is 47.5 Å². The molecule has 0 radical (unpaired) electrons. The van der Waals surface area contributed by atoms with Gasteiger partial charge in [0.05, 0.1) is 0 Å². The van der Waals surface area contributed by atoms with E-state index in [4.69, 9.17) is 4.99 Å². The molecule has 0 saturated carbocycles. The molecule has 2 unspecified atom stereocenters. The number of carbonyl (C=O) groups excluding carboxylic acids is 2. The molecule has 1 aromatic rings. The molecule has 0 spiro atoms. The fraction of sp³-hybridized carbons (Fsp3) is 0.421. The summed E-state index contributed by atoms with van der Waals surface area (Å²) >= 11 is 0. The number of nitrogens with one attached hydrogen (secondary N) is 1. The highest BCUT2D eigenvalue weighted by Crippen LogP contribution is 2.28. The summed E-state index contributed by atoms with van der Waals surface area (Å²) in [5.74, 6) is 0.477. The topological polar surface area (TPSA) is 68.2 Å². The quantitative estimate of drug-likeness (QED) is 0.811. The van der Waals surface area contributed by atoms with Crippen LogP contribution < -0.4 is 5.32 Å². The molecular weight excluding hydrogens is 330 g/mol. The molecule has 3 aliphatic heterocycles. The molecule has 136 valence electrons. The van der Waals surface area contributed by atoms with E-state index in [1.54, 1.807) is 7.05 Å². The maximum absolute atomic E-state index is 12.5. The molecule has 26 heavy (non-hydrogen) atoms. The van der Waals surface area contributed by atoms with Gasteiger partial charge < -0.3 is 14.7 Å². The minimum absolute atomic E-state index is 0.296. The number of aliphatic imine (C=N–C) groups is 1. The molecule has 3 amide bonds. The average molecular weight is 353 g/mol. The van der Waals surface area contributed by atoms with E-state index in [1.807, 2.05) is 17.9 Å². The molecule has 0 bridgehead atoms. The Balaban J connectivity index is 1.68. The zero-order chi connectivity index (χ0) is 18.4. The lowest BCUT2D eigenvalue weighted by molar-refractivity contribution is -0.127. The Morgan fingerprint density at radius 2 is 2.04 bits per heavy atom. The fourth-order valence-corrected chi connectivity index (χ4v) is 3.90. The normalized spacial score (nSPS) is 24.8. The number of carbonyl (C=O) groups is 2. The van der Waals surface area contributed by atoms with Gasteiger partial charge in [-0.3, -0.25) is 10.1 Å². The second-order valence-corrected chi connectivity index (χ2v) is 7.22. The minimum Gasteiger partial charge on any atom is -0.338 e. The van der Waals surface area contributed by atoms with Crippen LogP contribution in [0.2, 0.25) is 0 Å². The first-order chi connectivity index (χ1) is 12.5. The van der Waals surface area contributed by atoms with Crippen LogP contribution in [0.3, 0.4) is 0 Å². The van der Waals surface area contributed by atoms with Gasteiger partial charge >= 0.3 is 6.03 Å². The van der Waals surface area contributed by atoms with Crippen molar-refractivity contribution in [3.8, 4) is 0 Å². The number of amides is 3. The summed E-state index contributed by atoms with van der Waals surface area (Å²) in [7, 11) is 1.68. The first kappa shape index (κ1) is 16.6. The van der Waals surface area contributed by atoms with Gasteiger partial charge in [-0.25, -0.2) is 9.79 Å². The second kappa shape index (κ2) is 6.16. The van der Waals surface area contributed by atoms with Crippen LogP contribution in [-0.4, -0.2) is 64.9 Å². The Hall–Kier alpha value is -2.83. The largest absolute Gasteiger partial charge is 0.338 e. The third-order valence-corrected chi connectivity index (χ3v) is 5.19. The highest BCUT2D eigenvalue weighted by molar-refractivity contribution is 6.03. The molecule has 0 aliphatic carbocycles. The lowest BCUT2D eigenvalue weighted by Gasteiger charge is -2.39. The number of urea groups is 1. The van der Waals surface area contributed by atoms with Crippen LogP contribution in [0.4, 0.5) is 4.79 Å². The monoisotopic (exact) mass is 353 g/mol. The number of benzene rings is 1. The summed E-state index contributed by atoms with van der Waals surface area (Å²) in [6, 6.07) is 7.49. The van der Waals surface area contributed by atoms with Crippen molar-refractivity contribution in [2.24, 2.45) is 4.99 Å². The lowest BCUT2D eigenvalue weighted by Crippen LogP contribution is -2.64. The predicted octanol–water partition coefficient (Wildman–Crippen LogP) is 1.17. The van der Waals surface area contributed by atoms with E-state index in [-0.39, 0.29) is 5.91 Å². The van der Waals surface area contributed by atoms with Crippen LogP contribution in [0.25, 0.3) is 0 Å². The molecule has 1 N–H and O–H groups in total. The van der Waals surface area contributed by atoms with Gasteiger partial charge in [0.2, 0.25) is 0 Å². The van der Waals surface area contributed by atoms with Gasteiger partial charge in [-0.2, -0.15) is 0 Å². The molecular formula is C19H23N5O2. The van der Waals surface area contributed by atoms with Crippen molar-refractivity contribution < 1.29 is 9.59 Å². The maximum Gasteiger partial charge on any atom is 0.325 e. The Morgan fingerprint density at radius 3 is 2.77 bits per heavy atom. The first-order valence-corrected chi connectivity index (χ1v) is 8.84. The predicted molar refractivity (Wildman–Crippen MR) is 98.4 cm³/mol. The molecule has 7 heteroatoms. The third kappa shape index (κ3) is 2.64. The van der Waals surface area contributed by atoms with Crippen LogP contribution in [0.15, 0.2) is 41.4 Å². The van der Waals surface area contributed by atoms with E-state index >= 15 is 0 Å². The minimum atomic E-state index is -0.512. The number of imide groups is 1. The second-order valence-electron chi connectivity index (χ2n) is 7.22. The standard InChI is InChI=1S/C19H23N5O2/c1-12(2)10-24-15-16(22(3)19(26)21-17(15)25)20-18(24)23-9-8-13-6-4-5-7-14(13)11-23/h4-7,15-16H,1,8-11H2,2-3H3,(H,21,25,26). The molecule has 2 atom stereocenters. The Labute approximate surface area is 153 Å². The van der Waals surface area contributed by atoms with Gasteiger partial charge in [-0.1, -0.05) is 36.4 Å². The molecule has 4 rings (SSSR count). The first-order valence-electron chi connectivity index (χ1n) is 8.84. The number of guanidine groups is 1. The van der Waals surface area contributed by atoms with E-state index < -0.39 is 18.2 Å².